The van der Waals surface area contributed by atoms with Crippen LogP contribution in [0.5, 0.6) is 11.5 Å². The van der Waals surface area contributed by atoms with Crippen LogP contribution in [0.25, 0.3) is 0 Å². The molecule has 0 aromatic heterocycles. The first-order chi connectivity index (χ1) is 14.1. The van der Waals surface area contributed by atoms with E-state index in [0.717, 1.165) is 37.7 Å². The topological polar surface area (TPSA) is 67.9 Å². The lowest BCUT2D eigenvalue weighted by Gasteiger charge is -2.57. The highest BCUT2D eigenvalue weighted by atomic mass is 16.5. The number of nitrogens with one attached hydrogen (secondary N) is 1. The number of hydrogen-bond acceptors (Lipinski definition) is 4. The number of methoxy groups -OCH3 is 2. The molecule has 6 nitrogen and oxygen atoms in total. The summed E-state index contributed by atoms with van der Waals surface area (Å²) >= 11 is 0. The maximum absolute atomic E-state index is 13.2. The number of carbonyl (C=O) groups excluding carboxylic acids is 2. The quantitative estimate of drug-likeness (QED) is 0.782. The summed E-state index contributed by atoms with van der Waals surface area (Å²) in [5.41, 5.74) is 3.85. The van der Waals surface area contributed by atoms with Crippen molar-refractivity contribution < 1.29 is 19.1 Å². The first-order valence-corrected chi connectivity index (χ1v) is 10.0. The van der Waals surface area contributed by atoms with Crippen LogP contribution in [-0.2, 0) is 4.79 Å². The van der Waals surface area contributed by atoms with Crippen LogP contribution in [-0.4, -0.2) is 31.0 Å². The monoisotopic (exact) mass is 394 g/mol. The van der Waals surface area contributed by atoms with Crippen LogP contribution < -0.4 is 14.9 Å². The van der Waals surface area contributed by atoms with Crippen molar-refractivity contribution in [3.63, 3.8) is 0 Å². The molecule has 0 bridgehead atoms. The maximum atomic E-state index is 13.2. The van der Waals surface area contributed by atoms with Crippen LogP contribution in [0.2, 0.25) is 0 Å². The Kier molecular flexibility index (Phi) is 5.18. The molecule has 0 radical (unpaired) electrons. The second kappa shape index (κ2) is 7.78. The summed E-state index contributed by atoms with van der Waals surface area (Å²) in [7, 11) is 3.19. The first-order valence-electron chi connectivity index (χ1n) is 10.0. The van der Waals surface area contributed by atoms with Crippen molar-refractivity contribution in [2.75, 3.05) is 14.2 Å². The number of hydrazine groups is 1. The minimum atomic E-state index is -0.457. The van der Waals surface area contributed by atoms with E-state index in [4.69, 9.17) is 9.47 Å². The Hall–Kier alpha value is -3.02. The predicted molar refractivity (Wildman–Crippen MR) is 109 cm³/mol. The summed E-state index contributed by atoms with van der Waals surface area (Å²) in [6.07, 6.45) is 4.86. The number of hydrogen-bond donors (Lipinski definition) is 1. The number of β-lactam (4-membered cyclic amide) rings is 1. The third-order valence-electron chi connectivity index (χ3n) is 6.15. The molecule has 2 fully saturated rings. The highest BCUT2D eigenvalue weighted by Crippen LogP contribution is 2.57. The van der Waals surface area contributed by atoms with Gasteiger partial charge in [-0.1, -0.05) is 43.5 Å². The normalized spacial score (nSPS) is 20.1. The lowest BCUT2D eigenvalue weighted by Crippen LogP contribution is -2.69. The van der Waals surface area contributed by atoms with Crippen molar-refractivity contribution in [1.82, 2.24) is 10.4 Å². The molecule has 1 saturated heterocycles. The summed E-state index contributed by atoms with van der Waals surface area (Å²) in [4.78, 5) is 25.9. The third-order valence-corrected chi connectivity index (χ3v) is 6.15. The molecule has 6 heteroatoms. The Balaban J connectivity index is 1.67. The fraction of sp³-hybridized carbons (Fsp3) is 0.391. The molecule has 1 spiro atoms. The van der Waals surface area contributed by atoms with Crippen LogP contribution >= 0.6 is 0 Å². The van der Waals surface area contributed by atoms with Gasteiger partial charge in [-0.3, -0.25) is 15.0 Å². The second-order valence-corrected chi connectivity index (χ2v) is 7.72. The summed E-state index contributed by atoms with van der Waals surface area (Å²) < 4.78 is 10.8. The van der Waals surface area contributed by atoms with Gasteiger partial charge in [0.1, 0.15) is 0 Å². The molecule has 1 aliphatic heterocycles. The Labute approximate surface area is 170 Å². The van der Waals surface area contributed by atoms with E-state index in [1.54, 1.807) is 38.5 Å². The molecular weight excluding hydrogens is 368 g/mol. The first kappa shape index (κ1) is 19.3. The van der Waals surface area contributed by atoms with Crippen LogP contribution in [0.1, 0.15) is 54.1 Å². The van der Waals surface area contributed by atoms with Crippen molar-refractivity contribution in [1.29, 1.82) is 0 Å². The number of nitrogens with zero attached hydrogens (tertiary/aromatic N) is 1. The average molecular weight is 394 g/mol. The van der Waals surface area contributed by atoms with Gasteiger partial charge in [0.2, 0.25) is 5.91 Å². The molecule has 4 rings (SSSR count). The minimum absolute atomic E-state index is 0.00117. The fourth-order valence-electron chi connectivity index (χ4n) is 4.69. The molecule has 2 aliphatic rings. The Morgan fingerprint density at radius 3 is 2.34 bits per heavy atom. The lowest BCUT2D eigenvalue weighted by molar-refractivity contribution is -0.184. The Morgan fingerprint density at radius 2 is 1.69 bits per heavy atom. The van der Waals surface area contributed by atoms with Crippen molar-refractivity contribution in [3.05, 3.63) is 59.7 Å². The van der Waals surface area contributed by atoms with Gasteiger partial charge in [0.05, 0.1) is 25.7 Å². The number of benzene rings is 2. The Morgan fingerprint density at radius 1 is 1.00 bits per heavy atom. The van der Waals surface area contributed by atoms with Crippen LogP contribution in [0.3, 0.4) is 0 Å². The van der Waals surface area contributed by atoms with E-state index < -0.39 is 5.41 Å². The van der Waals surface area contributed by atoms with E-state index in [1.165, 1.54) is 5.01 Å². The standard InChI is InChI=1S/C23H26N2O4/c1-28-18-12-11-17(15-19(18)29-2)20-23(13-7-4-8-14-23)22(27)25(20)24-21(26)16-9-5-3-6-10-16/h3,5-6,9-12,15,20H,4,7-8,13-14H2,1-2H3,(H,24,26). The summed E-state index contributed by atoms with van der Waals surface area (Å²) in [6, 6.07) is 14.4. The van der Waals surface area contributed by atoms with Crippen LogP contribution in [0.15, 0.2) is 48.5 Å². The summed E-state index contributed by atoms with van der Waals surface area (Å²) in [5, 5.41) is 1.50. The van der Waals surface area contributed by atoms with Crippen molar-refractivity contribution in [2.45, 2.75) is 38.1 Å². The Bertz CT molecular complexity index is 906. The van der Waals surface area contributed by atoms with Crippen LogP contribution in [0.4, 0.5) is 0 Å². The van der Waals surface area contributed by atoms with Gasteiger partial charge in [0.15, 0.2) is 11.5 Å². The van der Waals surface area contributed by atoms with Gasteiger partial charge in [0.25, 0.3) is 5.91 Å². The highest BCUT2D eigenvalue weighted by Gasteiger charge is 2.61. The van der Waals surface area contributed by atoms with E-state index in [1.807, 2.05) is 24.3 Å². The molecule has 1 heterocycles. The van der Waals surface area contributed by atoms with E-state index >= 15 is 0 Å². The molecule has 1 atom stereocenters. The zero-order valence-electron chi connectivity index (χ0n) is 16.8. The number of amides is 2. The zero-order valence-corrected chi connectivity index (χ0v) is 16.8. The lowest BCUT2D eigenvalue weighted by atomic mass is 9.61. The van der Waals surface area contributed by atoms with Gasteiger partial charge < -0.3 is 9.47 Å². The number of ether oxygens (including phenoxy) is 2. The van der Waals surface area contributed by atoms with Crippen molar-refractivity contribution in [3.8, 4) is 11.5 Å². The SMILES string of the molecule is COc1ccc(C2N(NC(=O)c3ccccc3)C(=O)C23CCCCC3)cc1OC. The van der Waals surface area contributed by atoms with Gasteiger partial charge in [-0.15, -0.1) is 0 Å². The highest BCUT2D eigenvalue weighted by molar-refractivity contribution is 5.98. The van der Waals surface area contributed by atoms with Gasteiger partial charge in [-0.2, -0.15) is 0 Å². The molecule has 152 valence electrons. The van der Waals surface area contributed by atoms with E-state index in [2.05, 4.69) is 5.43 Å². The summed E-state index contributed by atoms with van der Waals surface area (Å²) in [6.45, 7) is 0. The molecule has 29 heavy (non-hydrogen) atoms. The van der Waals surface area contributed by atoms with Gasteiger partial charge in [-0.25, -0.2) is 5.01 Å². The zero-order chi connectivity index (χ0) is 20.4. The number of rotatable bonds is 5. The van der Waals surface area contributed by atoms with E-state index in [-0.39, 0.29) is 17.9 Å². The third kappa shape index (κ3) is 3.22. The van der Waals surface area contributed by atoms with Gasteiger partial charge >= 0.3 is 0 Å². The van der Waals surface area contributed by atoms with Gasteiger partial charge in [0, 0.05) is 5.56 Å². The van der Waals surface area contributed by atoms with Crippen molar-refractivity contribution in [2.24, 2.45) is 5.41 Å². The molecule has 1 aliphatic carbocycles. The molecule has 1 saturated carbocycles. The molecule has 2 amide bonds. The van der Waals surface area contributed by atoms with Crippen LogP contribution in [0, 0.1) is 5.41 Å². The number of carbonyl (C=O) groups is 2. The minimum Gasteiger partial charge on any atom is -0.493 e. The predicted octanol–water partition coefficient (Wildman–Crippen LogP) is 3.88. The van der Waals surface area contributed by atoms with E-state index in [0.29, 0.717) is 17.1 Å². The second-order valence-electron chi connectivity index (χ2n) is 7.72. The molecular formula is C23H26N2O4. The molecule has 2 aromatic rings. The van der Waals surface area contributed by atoms with E-state index in [9.17, 15) is 9.59 Å². The van der Waals surface area contributed by atoms with Gasteiger partial charge in [-0.05, 0) is 42.7 Å². The molecule has 1 unspecified atom stereocenters. The maximum Gasteiger partial charge on any atom is 0.269 e. The molecule has 1 N–H and O–H groups in total. The average Bonchev–Trinajstić information content (AvgIpc) is 2.79. The fourth-order valence-corrected chi connectivity index (χ4v) is 4.69. The molecule has 2 aromatic carbocycles. The smallest absolute Gasteiger partial charge is 0.269 e. The summed E-state index contributed by atoms with van der Waals surface area (Å²) in [5.74, 6) is 0.973. The largest absolute Gasteiger partial charge is 0.493 e. The van der Waals surface area contributed by atoms with Crippen molar-refractivity contribution >= 4 is 11.8 Å².